The largest absolute Gasteiger partial charge is 0.378 e. The normalized spacial score (nSPS) is 11.7. The van der Waals surface area contributed by atoms with E-state index in [1.807, 2.05) is 19.9 Å². The van der Waals surface area contributed by atoms with Crippen LogP contribution in [0, 0.1) is 19.8 Å². The smallest absolute Gasteiger partial charge is 0.339 e. The summed E-state index contributed by atoms with van der Waals surface area (Å²) >= 11 is 4.83. The Morgan fingerprint density at radius 2 is 1.76 bits per heavy atom. The van der Waals surface area contributed by atoms with E-state index in [4.69, 9.17) is 9.17 Å². The van der Waals surface area contributed by atoms with Crippen molar-refractivity contribution in [1.82, 2.24) is 9.97 Å². The maximum atomic E-state index is 13.0. The lowest BCUT2D eigenvalue weighted by Gasteiger charge is -2.13. The number of aryl methyl sites for hydroxylation is 2. The first kappa shape index (κ1) is 24.3. The van der Waals surface area contributed by atoms with E-state index in [9.17, 15) is 13.2 Å². The number of nitrogens with one attached hydrogen (secondary N) is 1. The first-order valence-electron chi connectivity index (χ1n) is 10.4. The minimum Gasteiger partial charge on any atom is -0.378 e. The maximum absolute atomic E-state index is 13.0. The Balaban J connectivity index is 1.81. The molecule has 2 aromatic heterocycles. The fraction of sp³-hybridized carbons (Fsp3) is 0.208. The summed E-state index contributed by atoms with van der Waals surface area (Å²) in [5, 5.41) is 5.51. The van der Waals surface area contributed by atoms with Gasteiger partial charge in [-0.25, -0.2) is 9.97 Å². The van der Waals surface area contributed by atoms with E-state index >= 15 is 0 Å². The van der Waals surface area contributed by atoms with E-state index in [2.05, 4.69) is 26.2 Å². The summed E-state index contributed by atoms with van der Waals surface area (Å²) < 4.78 is 32.4. The Hall–Kier alpha value is -2.82. The molecule has 0 aliphatic rings. The molecule has 0 atom stereocenters. The molecule has 176 valence electrons. The third-order valence-corrected chi connectivity index (χ3v) is 8.11. The van der Waals surface area contributed by atoms with Gasteiger partial charge in [-0.05, 0) is 53.5 Å². The van der Waals surface area contributed by atoms with Gasteiger partial charge in [0, 0.05) is 27.2 Å². The number of halogens is 1. The fourth-order valence-corrected chi connectivity index (χ4v) is 5.18. The first-order chi connectivity index (χ1) is 16.0. The molecule has 0 aliphatic carbocycles. The molecule has 2 heterocycles. The van der Waals surface area contributed by atoms with Gasteiger partial charge in [0.25, 0.3) is 0 Å². The fourth-order valence-electron chi connectivity index (χ4n) is 3.10. The molecule has 1 amide bonds. The first-order valence-corrected chi connectivity index (χ1v) is 13.5. The van der Waals surface area contributed by atoms with Crippen LogP contribution in [0.2, 0.25) is 0 Å². The number of benzene rings is 2. The summed E-state index contributed by atoms with van der Waals surface area (Å²) in [7, 11) is -4.08. The van der Waals surface area contributed by atoms with Crippen LogP contribution in [0.3, 0.4) is 0 Å². The van der Waals surface area contributed by atoms with Gasteiger partial charge in [-0.2, -0.15) is 8.42 Å². The van der Waals surface area contributed by atoms with Crippen LogP contribution in [0.1, 0.15) is 25.0 Å². The lowest BCUT2D eigenvalue weighted by Crippen LogP contribution is -2.17. The highest BCUT2D eigenvalue weighted by Gasteiger charge is 2.21. The predicted octanol–water partition coefficient (Wildman–Crippen LogP) is 6.10. The van der Waals surface area contributed by atoms with Crippen molar-refractivity contribution < 1.29 is 17.4 Å². The number of hydrogen-bond acceptors (Lipinski definition) is 7. The number of aromatic nitrogens is 2. The van der Waals surface area contributed by atoms with E-state index in [1.165, 1.54) is 23.5 Å². The Labute approximate surface area is 210 Å². The molecular weight excluding hydrogens is 538 g/mol. The molecular formula is C24H22BrN3O4S2. The van der Waals surface area contributed by atoms with Gasteiger partial charge >= 0.3 is 10.1 Å². The molecule has 34 heavy (non-hydrogen) atoms. The van der Waals surface area contributed by atoms with Crippen molar-refractivity contribution in [2.45, 2.75) is 32.6 Å². The van der Waals surface area contributed by atoms with Crippen molar-refractivity contribution in [3.63, 3.8) is 0 Å². The van der Waals surface area contributed by atoms with Crippen LogP contribution in [0.5, 0.6) is 5.75 Å². The number of amides is 1. The van der Waals surface area contributed by atoms with Crippen LogP contribution >= 0.6 is 27.3 Å². The average molecular weight is 560 g/mol. The van der Waals surface area contributed by atoms with Crippen LogP contribution in [0.15, 0.2) is 57.2 Å². The number of nitrogens with zero attached hydrogens (tertiary/aromatic N) is 2. The monoisotopic (exact) mass is 559 g/mol. The van der Waals surface area contributed by atoms with Gasteiger partial charge < -0.3 is 9.50 Å². The quantitative estimate of drug-likeness (QED) is 0.286. The number of carbonyl (C=O) groups excluding carboxylic acids is 1. The topological polar surface area (TPSA) is 98.2 Å². The lowest BCUT2D eigenvalue weighted by molar-refractivity contribution is -0.118. The van der Waals surface area contributed by atoms with E-state index in [0.717, 1.165) is 15.6 Å². The summed E-state index contributed by atoms with van der Waals surface area (Å²) in [5.74, 6) is -0.182. The maximum Gasteiger partial charge on any atom is 0.339 e. The van der Waals surface area contributed by atoms with E-state index in [-0.39, 0.29) is 22.5 Å². The molecule has 4 rings (SSSR count). The molecule has 0 fully saturated rings. The minimum absolute atomic E-state index is 0.0585. The standard InChI is InChI=1S/C24H22BrN3O4S2/c1-13(2)23(29)28-24-27-19(12-33-24)18-11-20(17-10-7-15(4)21(25)22(17)26-18)32-34(30,31)16-8-5-14(3)6-9-16/h5-13H,1-4H3,(H,27,28,29). The second-order valence-corrected chi connectivity index (χ2v) is 11.3. The van der Waals surface area contributed by atoms with Crippen molar-refractivity contribution in [2.24, 2.45) is 5.92 Å². The zero-order chi connectivity index (χ0) is 24.6. The molecule has 0 spiro atoms. The molecule has 7 nitrogen and oxygen atoms in total. The third kappa shape index (κ3) is 4.98. The zero-order valence-electron chi connectivity index (χ0n) is 18.9. The van der Waals surface area contributed by atoms with Gasteiger partial charge in [0.1, 0.15) is 10.6 Å². The molecule has 0 bridgehead atoms. The number of fused-ring (bicyclic) bond motifs is 1. The summed E-state index contributed by atoms with van der Waals surface area (Å²) in [5.41, 5.74) is 3.35. The Kier molecular flexibility index (Phi) is 6.75. The number of hydrogen-bond donors (Lipinski definition) is 1. The molecule has 10 heteroatoms. The van der Waals surface area contributed by atoms with Crippen molar-refractivity contribution in [2.75, 3.05) is 5.32 Å². The van der Waals surface area contributed by atoms with Gasteiger partial charge in [-0.15, -0.1) is 11.3 Å². The van der Waals surface area contributed by atoms with E-state index < -0.39 is 10.1 Å². The summed E-state index contributed by atoms with van der Waals surface area (Å²) in [6.07, 6.45) is 0. The van der Waals surface area contributed by atoms with E-state index in [0.29, 0.717) is 27.4 Å². The number of anilines is 1. The Bertz CT molecular complexity index is 1500. The molecule has 0 radical (unpaired) electrons. The number of pyridine rings is 1. The molecule has 1 N–H and O–H groups in total. The predicted molar refractivity (Wildman–Crippen MR) is 138 cm³/mol. The van der Waals surface area contributed by atoms with Crippen molar-refractivity contribution >= 4 is 59.3 Å². The third-order valence-electron chi connectivity index (χ3n) is 5.11. The number of thiazole rings is 1. The van der Waals surface area contributed by atoms with Crippen LogP contribution in [0.25, 0.3) is 22.3 Å². The van der Waals surface area contributed by atoms with Crippen molar-refractivity contribution in [3.8, 4) is 17.1 Å². The highest BCUT2D eigenvalue weighted by Crippen LogP contribution is 2.37. The van der Waals surface area contributed by atoms with Crippen LogP contribution in [0.4, 0.5) is 5.13 Å². The van der Waals surface area contributed by atoms with Gasteiger partial charge in [-0.3, -0.25) is 4.79 Å². The van der Waals surface area contributed by atoms with Crippen molar-refractivity contribution in [3.05, 3.63) is 63.4 Å². The summed E-state index contributed by atoms with van der Waals surface area (Å²) in [4.78, 5) is 21.3. The second kappa shape index (κ2) is 9.44. The minimum atomic E-state index is -4.08. The number of carbonyl (C=O) groups is 1. The highest BCUT2D eigenvalue weighted by molar-refractivity contribution is 9.10. The SMILES string of the molecule is Cc1ccc(S(=O)(=O)Oc2cc(-c3csc(NC(=O)C(C)C)n3)nc3c(Br)c(C)ccc23)cc1. The molecule has 2 aromatic carbocycles. The highest BCUT2D eigenvalue weighted by atomic mass is 79.9. The summed E-state index contributed by atoms with van der Waals surface area (Å²) in [6.45, 7) is 7.40. The molecule has 0 saturated carbocycles. The zero-order valence-corrected chi connectivity index (χ0v) is 22.1. The molecule has 0 saturated heterocycles. The van der Waals surface area contributed by atoms with Gasteiger partial charge in [0.2, 0.25) is 5.91 Å². The second-order valence-electron chi connectivity index (χ2n) is 8.13. The Morgan fingerprint density at radius 3 is 2.44 bits per heavy atom. The van der Waals surface area contributed by atoms with E-state index in [1.54, 1.807) is 43.5 Å². The molecule has 0 aliphatic heterocycles. The molecule has 0 unspecified atom stereocenters. The lowest BCUT2D eigenvalue weighted by atomic mass is 10.1. The Morgan fingerprint density at radius 1 is 1.06 bits per heavy atom. The van der Waals surface area contributed by atoms with Crippen LogP contribution < -0.4 is 9.50 Å². The van der Waals surface area contributed by atoms with Crippen molar-refractivity contribution in [1.29, 1.82) is 0 Å². The number of rotatable bonds is 6. The van der Waals surface area contributed by atoms with Gasteiger partial charge in [0.15, 0.2) is 10.9 Å². The van der Waals surface area contributed by atoms with Gasteiger partial charge in [-0.1, -0.05) is 37.6 Å². The summed E-state index contributed by atoms with van der Waals surface area (Å²) in [6, 6.07) is 11.7. The van der Waals surface area contributed by atoms with Crippen LogP contribution in [-0.4, -0.2) is 24.3 Å². The van der Waals surface area contributed by atoms with Crippen LogP contribution in [-0.2, 0) is 14.9 Å². The van der Waals surface area contributed by atoms with Gasteiger partial charge in [0.05, 0.1) is 11.2 Å². The average Bonchev–Trinajstić information content (AvgIpc) is 3.25. The molecule has 4 aromatic rings.